The predicted octanol–water partition coefficient (Wildman–Crippen LogP) is 3.18. The van der Waals surface area contributed by atoms with Gasteiger partial charge in [-0.1, -0.05) is 5.16 Å². The first-order valence-corrected chi connectivity index (χ1v) is 7.86. The second-order valence-electron chi connectivity index (χ2n) is 5.61. The number of anilines is 1. The van der Waals surface area contributed by atoms with Crippen molar-refractivity contribution >= 4 is 5.69 Å². The van der Waals surface area contributed by atoms with E-state index in [0.29, 0.717) is 17.4 Å². The van der Waals surface area contributed by atoms with Gasteiger partial charge in [0, 0.05) is 36.7 Å². The summed E-state index contributed by atoms with van der Waals surface area (Å²) in [6.07, 6.45) is 8.70. The van der Waals surface area contributed by atoms with E-state index < -0.39 is 0 Å². The van der Waals surface area contributed by atoms with Gasteiger partial charge in [0.25, 0.3) is 5.89 Å². The third kappa shape index (κ3) is 2.92. The third-order valence-electron chi connectivity index (χ3n) is 4.06. The molecule has 0 amide bonds. The van der Waals surface area contributed by atoms with Gasteiger partial charge in [0.2, 0.25) is 5.82 Å². The molecule has 6 nitrogen and oxygen atoms in total. The zero-order valence-corrected chi connectivity index (χ0v) is 12.7. The zero-order valence-electron chi connectivity index (χ0n) is 12.7. The molecule has 2 aromatic heterocycles. The summed E-state index contributed by atoms with van der Waals surface area (Å²) in [4.78, 5) is 15.0. The maximum absolute atomic E-state index is 5.28. The molecule has 1 aliphatic heterocycles. The van der Waals surface area contributed by atoms with Crippen LogP contribution in [0.1, 0.15) is 19.3 Å². The molecule has 1 aliphatic rings. The smallest absolute Gasteiger partial charge is 0.278 e. The third-order valence-corrected chi connectivity index (χ3v) is 4.06. The van der Waals surface area contributed by atoms with E-state index in [0.717, 1.165) is 18.7 Å². The molecular weight excluding hydrogens is 290 g/mol. The Kier molecular flexibility index (Phi) is 3.71. The first-order valence-electron chi connectivity index (χ1n) is 7.86. The largest absolute Gasteiger partial charge is 0.372 e. The lowest BCUT2D eigenvalue weighted by Gasteiger charge is -2.28. The van der Waals surface area contributed by atoms with E-state index in [2.05, 4.69) is 37.1 Å². The van der Waals surface area contributed by atoms with Crippen LogP contribution in [-0.4, -0.2) is 33.2 Å². The van der Waals surface area contributed by atoms with Crippen LogP contribution >= 0.6 is 0 Å². The number of hydrogen-bond acceptors (Lipinski definition) is 6. The fourth-order valence-electron chi connectivity index (χ4n) is 2.83. The quantitative estimate of drug-likeness (QED) is 0.740. The van der Waals surface area contributed by atoms with Crippen LogP contribution in [0.2, 0.25) is 0 Å². The lowest BCUT2D eigenvalue weighted by molar-refractivity contribution is 0.431. The molecule has 23 heavy (non-hydrogen) atoms. The Morgan fingerprint density at radius 3 is 2.52 bits per heavy atom. The van der Waals surface area contributed by atoms with Crippen molar-refractivity contribution in [1.29, 1.82) is 0 Å². The number of piperidine rings is 1. The summed E-state index contributed by atoms with van der Waals surface area (Å²) in [6, 6.07) is 8.32. The van der Waals surface area contributed by atoms with Crippen LogP contribution in [-0.2, 0) is 0 Å². The van der Waals surface area contributed by atoms with Crippen LogP contribution in [0.5, 0.6) is 0 Å². The summed E-state index contributed by atoms with van der Waals surface area (Å²) < 4.78 is 5.28. The fraction of sp³-hybridized carbons (Fsp3) is 0.294. The second kappa shape index (κ2) is 6.16. The number of aromatic nitrogens is 4. The number of hydrogen-bond donors (Lipinski definition) is 0. The summed E-state index contributed by atoms with van der Waals surface area (Å²) in [5.74, 6) is 0.948. The Bertz CT molecular complexity index is 763. The Morgan fingerprint density at radius 2 is 1.78 bits per heavy atom. The highest BCUT2D eigenvalue weighted by molar-refractivity contribution is 5.61. The molecule has 1 fully saturated rings. The van der Waals surface area contributed by atoms with Crippen molar-refractivity contribution < 1.29 is 4.52 Å². The van der Waals surface area contributed by atoms with Crippen molar-refractivity contribution in [2.75, 3.05) is 18.0 Å². The molecule has 0 bridgehead atoms. The molecule has 1 saturated heterocycles. The van der Waals surface area contributed by atoms with Crippen molar-refractivity contribution in [3.8, 4) is 23.0 Å². The Hall–Kier alpha value is -2.76. The van der Waals surface area contributed by atoms with Crippen molar-refractivity contribution in [3.05, 3.63) is 42.9 Å². The van der Waals surface area contributed by atoms with Gasteiger partial charge in [-0.3, -0.25) is 4.98 Å². The monoisotopic (exact) mass is 307 g/mol. The van der Waals surface area contributed by atoms with Crippen molar-refractivity contribution in [2.24, 2.45) is 0 Å². The van der Waals surface area contributed by atoms with Crippen LogP contribution in [0, 0.1) is 0 Å². The Labute approximate surface area is 134 Å². The highest BCUT2D eigenvalue weighted by Crippen LogP contribution is 2.25. The molecule has 0 unspecified atom stereocenters. The summed E-state index contributed by atoms with van der Waals surface area (Å²) in [6.45, 7) is 2.27. The minimum absolute atomic E-state index is 0.383. The van der Waals surface area contributed by atoms with Crippen LogP contribution in [0.25, 0.3) is 23.0 Å². The summed E-state index contributed by atoms with van der Waals surface area (Å²) in [7, 11) is 0. The molecule has 0 N–H and O–H groups in total. The number of benzene rings is 1. The van der Waals surface area contributed by atoms with E-state index in [9.17, 15) is 0 Å². The Morgan fingerprint density at radius 1 is 0.957 bits per heavy atom. The first-order chi connectivity index (χ1) is 11.4. The lowest BCUT2D eigenvalue weighted by Crippen LogP contribution is -2.29. The second-order valence-corrected chi connectivity index (χ2v) is 5.61. The molecule has 1 aromatic carbocycles. The first kappa shape index (κ1) is 13.9. The highest BCUT2D eigenvalue weighted by Gasteiger charge is 2.14. The molecule has 0 saturated carbocycles. The molecule has 116 valence electrons. The zero-order chi connectivity index (χ0) is 15.5. The minimum Gasteiger partial charge on any atom is -0.372 e. The minimum atomic E-state index is 0.383. The lowest BCUT2D eigenvalue weighted by atomic mass is 10.1. The van der Waals surface area contributed by atoms with Gasteiger partial charge in [-0.25, -0.2) is 4.98 Å². The van der Waals surface area contributed by atoms with E-state index in [4.69, 9.17) is 4.52 Å². The van der Waals surface area contributed by atoms with Crippen LogP contribution in [0.15, 0.2) is 47.4 Å². The molecular formula is C17H17N5O. The average molecular weight is 307 g/mol. The van der Waals surface area contributed by atoms with Gasteiger partial charge >= 0.3 is 0 Å². The molecule has 4 rings (SSSR count). The molecule has 6 heteroatoms. The van der Waals surface area contributed by atoms with Crippen molar-refractivity contribution in [1.82, 2.24) is 20.1 Å². The fourth-order valence-corrected chi connectivity index (χ4v) is 2.83. The normalized spacial score (nSPS) is 14.9. The van der Waals surface area contributed by atoms with Gasteiger partial charge in [0.05, 0.1) is 6.20 Å². The van der Waals surface area contributed by atoms with E-state index >= 15 is 0 Å². The van der Waals surface area contributed by atoms with Gasteiger partial charge in [-0.2, -0.15) is 4.98 Å². The summed E-state index contributed by atoms with van der Waals surface area (Å²) in [5, 5.41) is 4.04. The molecule has 0 atom stereocenters. The van der Waals surface area contributed by atoms with E-state index in [1.54, 1.807) is 18.6 Å². The summed E-state index contributed by atoms with van der Waals surface area (Å²) >= 11 is 0. The predicted molar refractivity (Wildman–Crippen MR) is 86.8 cm³/mol. The highest BCUT2D eigenvalue weighted by atomic mass is 16.5. The maximum Gasteiger partial charge on any atom is 0.278 e. The molecule has 0 aliphatic carbocycles. The topological polar surface area (TPSA) is 67.9 Å². The molecule has 0 spiro atoms. The van der Waals surface area contributed by atoms with Gasteiger partial charge in [0.15, 0.2) is 0 Å². The van der Waals surface area contributed by atoms with Crippen LogP contribution in [0.3, 0.4) is 0 Å². The van der Waals surface area contributed by atoms with Crippen LogP contribution < -0.4 is 4.90 Å². The van der Waals surface area contributed by atoms with Crippen LogP contribution in [0.4, 0.5) is 5.69 Å². The molecule has 3 heterocycles. The van der Waals surface area contributed by atoms with E-state index in [-0.39, 0.29) is 0 Å². The van der Waals surface area contributed by atoms with E-state index in [1.165, 1.54) is 24.9 Å². The van der Waals surface area contributed by atoms with Crippen molar-refractivity contribution in [3.63, 3.8) is 0 Å². The van der Waals surface area contributed by atoms with Gasteiger partial charge in [-0.05, 0) is 43.5 Å². The van der Waals surface area contributed by atoms with Gasteiger partial charge < -0.3 is 9.42 Å². The number of nitrogens with zero attached hydrogens (tertiary/aromatic N) is 5. The molecule has 3 aromatic rings. The van der Waals surface area contributed by atoms with Gasteiger partial charge in [-0.15, -0.1) is 0 Å². The van der Waals surface area contributed by atoms with E-state index in [1.807, 2.05) is 12.1 Å². The standard InChI is InChI=1S/C17H17N5O/c1-2-10-22(11-3-1)14-6-4-13(5-7-14)16-20-17(23-21-16)15-12-18-8-9-19-15/h4-9,12H,1-3,10-11H2. The SMILES string of the molecule is c1cnc(-c2nc(-c3ccc(N4CCCCC4)cc3)no2)cn1. The van der Waals surface area contributed by atoms with Gasteiger partial charge in [0.1, 0.15) is 5.69 Å². The van der Waals surface area contributed by atoms with Crippen molar-refractivity contribution in [2.45, 2.75) is 19.3 Å². The average Bonchev–Trinajstić information content (AvgIpc) is 3.14. The maximum atomic E-state index is 5.28. The summed E-state index contributed by atoms with van der Waals surface area (Å²) in [5.41, 5.74) is 2.77. The number of rotatable bonds is 3. The molecule has 0 radical (unpaired) electrons. The Balaban J connectivity index is 1.55.